The molecule has 1 N–H and O–H groups in total. The summed E-state index contributed by atoms with van der Waals surface area (Å²) in [7, 11) is 0. The van der Waals surface area contributed by atoms with Crippen molar-refractivity contribution in [3.05, 3.63) is 24.3 Å². The first-order valence-electron chi connectivity index (χ1n) is 18.8. The average molecular weight is 605 g/mol. The molecule has 0 rings (SSSR count). The lowest BCUT2D eigenvalue weighted by Crippen LogP contribution is -2.18. The van der Waals surface area contributed by atoms with Crippen LogP contribution in [0, 0.1) is 0 Å². The molecule has 0 bridgehead atoms. The standard InChI is InChI=1S/C39H72O4/c1-3-5-7-9-10-11-12-13-14-15-16-17-18-19-20-21-22-23-24-26-32-36-39(42)43-37(33-29-25-8-6-4-2)34-30-27-28-31-35-38(40)41/h10-11,13-14,37H,3-9,12,15-36H2,1-2H3,(H,40,41)/b11-10-,14-13-. The Balaban J connectivity index is 3.71. The predicted octanol–water partition coefficient (Wildman–Crippen LogP) is 12.8. The number of hydrogen-bond acceptors (Lipinski definition) is 3. The van der Waals surface area contributed by atoms with E-state index in [-0.39, 0.29) is 18.5 Å². The second-order valence-electron chi connectivity index (χ2n) is 12.8. The molecule has 0 spiro atoms. The van der Waals surface area contributed by atoms with Crippen LogP contribution in [-0.4, -0.2) is 23.1 Å². The van der Waals surface area contributed by atoms with Crippen molar-refractivity contribution in [1.29, 1.82) is 0 Å². The van der Waals surface area contributed by atoms with Crippen molar-refractivity contribution < 1.29 is 19.4 Å². The minimum Gasteiger partial charge on any atom is -0.481 e. The number of unbranched alkanes of at least 4 members (excludes halogenated alkanes) is 21. The predicted molar refractivity (Wildman–Crippen MR) is 186 cm³/mol. The van der Waals surface area contributed by atoms with E-state index < -0.39 is 5.97 Å². The van der Waals surface area contributed by atoms with E-state index in [2.05, 4.69) is 38.2 Å². The molecule has 1 atom stereocenters. The number of carboxylic acid groups (broad SMARTS) is 1. The Kier molecular flexibility index (Phi) is 33.6. The van der Waals surface area contributed by atoms with Crippen LogP contribution in [-0.2, 0) is 14.3 Å². The van der Waals surface area contributed by atoms with E-state index >= 15 is 0 Å². The molecule has 0 fully saturated rings. The van der Waals surface area contributed by atoms with Crippen LogP contribution in [0.25, 0.3) is 0 Å². The van der Waals surface area contributed by atoms with Gasteiger partial charge in [0.25, 0.3) is 0 Å². The molecule has 0 aliphatic rings. The van der Waals surface area contributed by atoms with Crippen molar-refractivity contribution in [3.63, 3.8) is 0 Å². The van der Waals surface area contributed by atoms with Gasteiger partial charge in [-0.1, -0.05) is 147 Å². The number of carbonyl (C=O) groups excluding carboxylic acids is 1. The Morgan fingerprint density at radius 3 is 1.42 bits per heavy atom. The normalized spacial score (nSPS) is 12.4. The average Bonchev–Trinajstić information content (AvgIpc) is 2.99. The zero-order valence-electron chi connectivity index (χ0n) is 28.8. The Hall–Kier alpha value is -1.58. The summed E-state index contributed by atoms with van der Waals surface area (Å²) in [5.74, 6) is -0.731. The molecule has 43 heavy (non-hydrogen) atoms. The molecule has 0 radical (unpaired) electrons. The van der Waals surface area contributed by atoms with E-state index in [0.29, 0.717) is 6.42 Å². The van der Waals surface area contributed by atoms with Crippen molar-refractivity contribution in [2.75, 3.05) is 0 Å². The fraction of sp³-hybridized carbons (Fsp3) is 0.846. The number of ether oxygens (including phenoxy) is 1. The molecule has 0 saturated carbocycles. The van der Waals surface area contributed by atoms with Gasteiger partial charge in [0.05, 0.1) is 0 Å². The molecule has 1 unspecified atom stereocenters. The summed E-state index contributed by atoms with van der Waals surface area (Å²) in [4.78, 5) is 23.2. The van der Waals surface area contributed by atoms with Crippen LogP contribution in [0.3, 0.4) is 0 Å². The SMILES string of the molecule is CCCCC/C=C\C/C=C\CCCCCCCCCCCCCC(=O)OC(CCCCCCC)CCCCCCC(=O)O. The highest BCUT2D eigenvalue weighted by Gasteiger charge is 2.14. The summed E-state index contributed by atoms with van der Waals surface area (Å²) < 4.78 is 5.91. The van der Waals surface area contributed by atoms with Gasteiger partial charge in [-0.05, 0) is 70.6 Å². The molecular weight excluding hydrogens is 532 g/mol. The summed E-state index contributed by atoms with van der Waals surface area (Å²) >= 11 is 0. The van der Waals surface area contributed by atoms with Crippen LogP contribution >= 0.6 is 0 Å². The summed E-state index contributed by atoms with van der Waals surface area (Å²) in [6, 6.07) is 0. The van der Waals surface area contributed by atoms with Gasteiger partial charge in [-0.15, -0.1) is 0 Å². The molecule has 0 aromatic carbocycles. The fourth-order valence-corrected chi connectivity index (χ4v) is 5.63. The van der Waals surface area contributed by atoms with Crippen LogP contribution < -0.4 is 0 Å². The highest BCUT2D eigenvalue weighted by Crippen LogP contribution is 2.18. The minimum absolute atomic E-state index is 0.0189. The third-order valence-electron chi connectivity index (χ3n) is 8.43. The summed E-state index contributed by atoms with van der Waals surface area (Å²) in [5, 5.41) is 8.79. The van der Waals surface area contributed by atoms with E-state index in [0.717, 1.165) is 64.2 Å². The molecule has 0 heterocycles. The van der Waals surface area contributed by atoms with Crippen molar-refractivity contribution in [2.24, 2.45) is 0 Å². The van der Waals surface area contributed by atoms with E-state index in [4.69, 9.17) is 9.84 Å². The van der Waals surface area contributed by atoms with Crippen LogP contribution in [0.4, 0.5) is 0 Å². The van der Waals surface area contributed by atoms with Gasteiger partial charge in [-0.3, -0.25) is 9.59 Å². The first-order chi connectivity index (χ1) is 21.1. The molecule has 0 aromatic rings. The Labute approximate surface area is 267 Å². The van der Waals surface area contributed by atoms with Gasteiger partial charge in [0, 0.05) is 12.8 Å². The lowest BCUT2D eigenvalue weighted by molar-refractivity contribution is -0.150. The number of esters is 1. The number of carbonyl (C=O) groups is 2. The quantitative estimate of drug-likeness (QED) is 0.0451. The van der Waals surface area contributed by atoms with Crippen LogP contribution in [0.1, 0.15) is 206 Å². The fourth-order valence-electron chi connectivity index (χ4n) is 5.63. The zero-order chi connectivity index (χ0) is 31.5. The monoisotopic (exact) mass is 605 g/mol. The topological polar surface area (TPSA) is 63.6 Å². The molecule has 0 aromatic heterocycles. The van der Waals surface area contributed by atoms with Gasteiger partial charge in [-0.25, -0.2) is 0 Å². The number of aliphatic carboxylic acids is 1. The van der Waals surface area contributed by atoms with Gasteiger partial charge in [0.15, 0.2) is 0 Å². The van der Waals surface area contributed by atoms with Crippen LogP contribution in [0.5, 0.6) is 0 Å². The minimum atomic E-state index is -0.712. The molecule has 0 saturated heterocycles. The van der Waals surface area contributed by atoms with Gasteiger partial charge in [-0.2, -0.15) is 0 Å². The van der Waals surface area contributed by atoms with E-state index in [1.165, 1.54) is 116 Å². The maximum atomic E-state index is 12.5. The lowest BCUT2D eigenvalue weighted by Gasteiger charge is -2.18. The first-order valence-corrected chi connectivity index (χ1v) is 18.8. The lowest BCUT2D eigenvalue weighted by atomic mass is 10.0. The van der Waals surface area contributed by atoms with Gasteiger partial charge < -0.3 is 9.84 Å². The Morgan fingerprint density at radius 2 is 0.907 bits per heavy atom. The maximum Gasteiger partial charge on any atom is 0.306 e. The molecule has 4 heteroatoms. The number of carboxylic acids is 1. The molecule has 4 nitrogen and oxygen atoms in total. The highest BCUT2D eigenvalue weighted by atomic mass is 16.5. The van der Waals surface area contributed by atoms with E-state index in [1.54, 1.807) is 0 Å². The van der Waals surface area contributed by atoms with E-state index in [1.807, 2.05) is 0 Å². The third-order valence-corrected chi connectivity index (χ3v) is 8.43. The van der Waals surface area contributed by atoms with Crippen molar-refractivity contribution >= 4 is 11.9 Å². The summed E-state index contributed by atoms with van der Waals surface area (Å²) in [6.45, 7) is 4.49. The molecule has 0 amide bonds. The number of rotatable bonds is 34. The first kappa shape index (κ1) is 41.4. The second kappa shape index (κ2) is 34.9. The highest BCUT2D eigenvalue weighted by molar-refractivity contribution is 5.69. The maximum absolute atomic E-state index is 12.5. The zero-order valence-corrected chi connectivity index (χ0v) is 28.8. The van der Waals surface area contributed by atoms with Gasteiger partial charge in [0.1, 0.15) is 6.10 Å². The Morgan fingerprint density at radius 1 is 0.512 bits per heavy atom. The second-order valence-corrected chi connectivity index (χ2v) is 12.8. The van der Waals surface area contributed by atoms with Crippen molar-refractivity contribution in [3.8, 4) is 0 Å². The number of hydrogen-bond donors (Lipinski definition) is 1. The molecular formula is C39H72O4. The smallest absolute Gasteiger partial charge is 0.306 e. The van der Waals surface area contributed by atoms with E-state index in [9.17, 15) is 9.59 Å². The van der Waals surface area contributed by atoms with Gasteiger partial charge >= 0.3 is 11.9 Å². The summed E-state index contributed by atoms with van der Waals surface area (Å²) in [5.41, 5.74) is 0. The molecule has 0 aliphatic heterocycles. The van der Waals surface area contributed by atoms with Gasteiger partial charge in [0.2, 0.25) is 0 Å². The largest absolute Gasteiger partial charge is 0.481 e. The summed E-state index contributed by atoms with van der Waals surface area (Å²) in [6.07, 6.45) is 43.5. The third kappa shape index (κ3) is 34.8. The number of allylic oxidation sites excluding steroid dienone is 4. The molecule has 252 valence electrons. The molecule has 0 aliphatic carbocycles. The van der Waals surface area contributed by atoms with Crippen LogP contribution in [0.15, 0.2) is 24.3 Å². The van der Waals surface area contributed by atoms with Crippen molar-refractivity contribution in [2.45, 2.75) is 213 Å². The van der Waals surface area contributed by atoms with Crippen molar-refractivity contribution in [1.82, 2.24) is 0 Å². The Bertz CT molecular complexity index is 654. The van der Waals surface area contributed by atoms with Crippen LogP contribution in [0.2, 0.25) is 0 Å².